The van der Waals surface area contributed by atoms with Crippen LogP contribution in [0.25, 0.3) is 11.4 Å². The summed E-state index contributed by atoms with van der Waals surface area (Å²) in [6.07, 6.45) is 1.56. The number of nitrogens with one attached hydrogen (secondary N) is 1. The van der Waals surface area contributed by atoms with Crippen molar-refractivity contribution >= 4 is 11.6 Å². The molecule has 0 fully saturated rings. The second-order valence-electron chi connectivity index (χ2n) is 5.49. The lowest BCUT2D eigenvalue weighted by atomic mass is 10.1. The highest BCUT2D eigenvalue weighted by Crippen LogP contribution is 2.15. The summed E-state index contributed by atoms with van der Waals surface area (Å²) in [6.45, 7) is 6.29. The summed E-state index contributed by atoms with van der Waals surface area (Å²) in [6, 6.07) is 7.45. The minimum Gasteiger partial charge on any atom is -0.399 e. The molecule has 6 nitrogen and oxygen atoms in total. The van der Waals surface area contributed by atoms with Crippen LogP contribution in [0.15, 0.2) is 30.6 Å². The third kappa shape index (κ3) is 4.05. The van der Waals surface area contributed by atoms with Crippen molar-refractivity contribution < 1.29 is 4.79 Å². The summed E-state index contributed by atoms with van der Waals surface area (Å²) >= 11 is 0. The van der Waals surface area contributed by atoms with E-state index < -0.39 is 0 Å². The molecule has 3 N–H and O–H groups in total. The van der Waals surface area contributed by atoms with Crippen molar-refractivity contribution in [1.29, 1.82) is 0 Å². The molecular weight excluding hydrogens is 266 g/mol. The highest BCUT2D eigenvalue weighted by Gasteiger charge is 2.12. The van der Waals surface area contributed by atoms with Gasteiger partial charge < -0.3 is 11.1 Å². The molecule has 1 amide bonds. The summed E-state index contributed by atoms with van der Waals surface area (Å²) in [4.78, 5) is 16.1. The minimum absolute atomic E-state index is 0.0649. The molecule has 0 spiro atoms. The van der Waals surface area contributed by atoms with E-state index in [4.69, 9.17) is 5.73 Å². The minimum atomic E-state index is -0.0649. The van der Waals surface area contributed by atoms with Crippen LogP contribution in [0.3, 0.4) is 0 Å². The van der Waals surface area contributed by atoms with Gasteiger partial charge in [-0.15, -0.1) is 0 Å². The molecule has 0 bridgehead atoms. The van der Waals surface area contributed by atoms with Gasteiger partial charge in [0.1, 0.15) is 12.9 Å². The normalized spacial score (nSPS) is 12.4. The fourth-order valence-electron chi connectivity index (χ4n) is 1.75. The Kier molecular flexibility index (Phi) is 4.57. The molecule has 0 aliphatic rings. The molecule has 0 saturated heterocycles. The van der Waals surface area contributed by atoms with Gasteiger partial charge in [0.15, 0.2) is 5.82 Å². The molecule has 1 atom stereocenters. The van der Waals surface area contributed by atoms with Gasteiger partial charge in [0.05, 0.1) is 0 Å². The third-order valence-electron chi connectivity index (χ3n) is 3.40. The van der Waals surface area contributed by atoms with Gasteiger partial charge in [0, 0.05) is 17.3 Å². The Morgan fingerprint density at radius 2 is 1.95 bits per heavy atom. The summed E-state index contributed by atoms with van der Waals surface area (Å²) in [5, 5.41) is 7.25. The highest BCUT2D eigenvalue weighted by atomic mass is 16.2. The molecule has 21 heavy (non-hydrogen) atoms. The van der Waals surface area contributed by atoms with Gasteiger partial charge in [-0.2, -0.15) is 5.10 Å². The highest BCUT2D eigenvalue weighted by molar-refractivity contribution is 5.76. The summed E-state index contributed by atoms with van der Waals surface area (Å²) in [7, 11) is 0. The van der Waals surface area contributed by atoms with E-state index in [1.54, 1.807) is 18.5 Å². The van der Waals surface area contributed by atoms with Crippen LogP contribution in [0.2, 0.25) is 0 Å². The summed E-state index contributed by atoms with van der Waals surface area (Å²) in [5.74, 6) is 0.916. The Morgan fingerprint density at radius 1 is 1.29 bits per heavy atom. The number of nitrogens with zero attached hydrogens (tertiary/aromatic N) is 3. The van der Waals surface area contributed by atoms with Crippen molar-refractivity contribution in [3.05, 3.63) is 30.6 Å². The fraction of sp³-hybridized carbons (Fsp3) is 0.400. The zero-order valence-electron chi connectivity index (χ0n) is 12.6. The van der Waals surface area contributed by atoms with Crippen molar-refractivity contribution in [2.75, 3.05) is 5.73 Å². The standard InChI is InChI=1S/C15H21N5O/c1-10(2)11(3)18-14(21)8-20-9-17-15(19-20)12-4-6-13(16)7-5-12/h4-7,9-11H,8,16H2,1-3H3,(H,18,21). The number of anilines is 1. The summed E-state index contributed by atoms with van der Waals surface area (Å²) < 4.78 is 1.54. The van der Waals surface area contributed by atoms with Gasteiger partial charge in [-0.3, -0.25) is 4.79 Å². The van der Waals surface area contributed by atoms with Gasteiger partial charge >= 0.3 is 0 Å². The Hall–Kier alpha value is -2.37. The number of hydrogen-bond donors (Lipinski definition) is 2. The van der Waals surface area contributed by atoms with Crippen molar-refractivity contribution in [1.82, 2.24) is 20.1 Å². The fourth-order valence-corrected chi connectivity index (χ4v) is 1.75. The molecule has 0 saturated carbocycles. The Morgan fingerprint density at radius 3 is 2.57 bits per heavy atom. The van der Waals surface area contributed by atoms with Crippen LogP contribution in [0.1, 0.15) is 20.8 Å². The van der Waals surface area contributed by atoms with Crippen LogP contribution in [-0.2, 0) is 11.3 Å². The number of carbonyl (C=O) groups is 1. The first-order valence-corrected chi connectivity index (χ1v) is 7.00. The Balaban J connectivity index is 2.00. The first-order valence-electron chi connectivity index (χ1n) is 7.00. The molecule has 2 aromatic rings. The first kappa shape index (κ1) is 15.0. The maximum absolute atomic E-state index is 11.9. The number of hydrogen-bond acceptors (Lipinski definition) is 4. The molecular formula is C15H21N5O. The van der Waals surface area contributed by atoms with Crippen LogP contribution in [0.5, 0.6) is 0 Å². The number of carbonyl (C=O) groups excluding carboxylic acids is 1. The monoisotopic (exact) mass is 287 g/mol. The molecule has 0 radical (unpaired) electrons. The topological polar surface area (TPSA) is 85.8 Å². The van der Waals surface area contributed by atoms with Crippen molar-refractivity contribution in [3.8, 4) is 11.4 Å². The number of benzene rings is 1. The molecule has 1 unspecified atom stereocenters. The molecule has 112 valence electrons. The van der Waals surface area contributed by atoms with Gasteiger partial charge in [0.25, 0.3) is 0 Å². The Labute approximate surface area is 124 Å². The lowest BCUT2D eigenvalue weighted by Gasteiger charge is -2.17. The Bertz CT molecular complexity index is 603. The van der Waals surface area contributed by atoms with Crippen LogP contribution >= 0.6 is 0 Å². The zero-order chi connectivity index (χ0) is 15.4. The number of aromatic nitrogens is 3. The van der Waals surface area contributed by atoms with Crippen molar-refractivity contribution in [2.24, 2.45) is 5.92 Å². The smallest absolute Gasteiger partial charge is 0.242 e. The van der Waals surface area contributed by atoms with Gasteiger partial charge in [0.2, 0.25) is 5.91 Å². The lowest BCUT2D eigenvalue weighted by molar-refractivity contribution is -0.122. The first-order chi connectivity index (χ1) is 9.95. The molecule has 0 aliphatic heterocycles. The molecule has 1 heterocycles. The maximum atomic E-state index is 11.9. The lowest BCUT2D eigenvalue weighted by Crippen LogP contribution is -2.38. The third-order valence-corrected chi connectivity index (χ3v) is 3.40. The predicted molar refractivity (Wildman–Crippen MR) is 82.3 cm³/mol. The number of nitrogen functional groups attached to an aromatic ring is 1. The second kappa shape index (κ2) is 6.39. The van der Waals surface area contributed by atoms with E-state index in [-0.39, 0.29) is 18.5 Å². The van der Waals surface area contributed by atoms with Gasteiger partial charge in [-0.1, -0.05) is 13.8 Å². The van der Waals surface area contributed by atoms with Gasteiger partial charge in [-0.05, 0) is 37.1 Å². The summed E-state index contributed by atoms with van der Waals surface area (Å²) in [5.41, 5.74) is 7.22. The SMILES string of the molecule is CC(C)C(C)NC(=O)Cn1cnc(-c2ccc(N)cc2)n1. The van der Waals surface area contributed by atoms with E-state index >= 15 is 0 Å². The van der Waals surface area contributed by atoms with E-state index in [9.17, 15) is 4.79 Å². The van der Waals surface area contributed by atoms with Gasteiger partial charge in [-0.25, -0.2) is 9.67 Å². The van der Waals surface area contributed by atoms with E-state index in [2.05, 4.69) is 29.2 Å². The molecule has 1 aromatic heterocycles. The van der Waals surface area contributed by atoms with E-state index in [0.29, 0.717) is 17.4 Å². The molecule has 1 aromatic carbocycles. The van der Waals surface area contributed by atoms with E-state index in [0.717, 1.165) is 5.56 Å². The number of rotatable bonds is 5. The quantitative estimate of drug-likeness (QED) is 0.819. The zero-order valence-corrected chi connectivity index (χ0v) is 12.6. The average molecular weight is 287 g/mol. The van der Waals surface area contributed by atoms with Crippen LogP contribution in [-0.4, -0.2) is 26.7 Å². The van der Waals surface area contributed by atoms with E-state index in [1.807, 2.05) is 19.1 Å². The van der Waals surface area contributed by atoms with Crippen LogP contribution < -0.4 is 11.1 Å². The number of amides is 1. The molecule has 0 aliphatic carbocycles. The van der Waals surface area contributed by atoms with E-state index in [1.165, 1.54) is 4.68 Å². The maximum Gasteiger partial charge on any atom is 0.242 e. The van der Waals surface area contributed by atoms with Crippen LogP contribution in [0, 0.1) is 5.92 Å². The number of nitrogens with two attached hydrogens (primary N) is 1. The second-order valence-corrected chi connectivity index (χ2v) is 5.49. The van der Waals surface area contributed by atoms with Crippen LogP contribution in [0.4, 0.5) is 5.69 Å². The van der Waals surface area contributed by atoms with Crippen molar-refractivity contribution in [3.63, 3.8) is 0 Å². The largest absolute Gasteiger partial charge is 0.399 e. The van der Waals surface area contributed by atoms with Crippen molar-refractivity contribution in [2.45, 2.75) is 33.4 Å². The average Bonchev–Trinajstić information content (AvgIpc) is 2.87. The predicted octanol–water partition coefficient (Wildman–Crippen LogP) is 1.69. The molecule has 2 rings (SSSR count). The molecule has 6 heteroatoms.